The van der Waals surface area contributed by atoms with Crippen LogP contribution in [0.5, 0.6) is 11.5 Å². The maximum Gasteiger partial charge on any atom is 0.257 e. The fraction of sp³-hybridized carbons (Fsp3) is 0.333. The van der Waals surface area contributed by atoms with Gasteiger partial charge in [0.05, 0.1) is 30.5 Å². The lowest BCUT2D eigenvalue weighted by molar-refractivity contribution is 0.0743. The van der Waals surface area contributed by atoms with Crippen LogP contribution < -0.4 is 20.1 Å². The van der Waals surface area contributed by atoms with Gasteiger partial charge in [-0.05, 0) is 12.1 Å². The molecule has 154 valence electrons. The topological polar surface area (TPSA) is 80.9 Å². The van der Waals surface area contributed by atoms with Crippen molar-refractivity contribution in [3.8, 4) is 11.5 Å². The zero-order valence-electron chi connectivity index (χ0n) is 15.6. The molecule has 0 unspecified atom stereocenters. The van der Waals surface area contributed by atoms with Crippen molar-refractivity contribution in [1.82, 2.24) is 9.88 Å². The highest BCUT2D eigenvalue weighted by Gasteiger charge is 2.25. The highest BCUT2D eigenvalue weighted by Crippen LogP contribution is 2.30. The lowest BCUT2D eigenvalue weighted by atomic mass is 10.1. The molecule has 2 heterocycles. The molecule has 10 heteroatoms. The summed E-state index contributed by atoms with van der Waals surface area (Å²) in [5.41, 5.74) is 6.59. The third kappa shape index (κ3) is 5.04. The van der Waals surface area contributed by atoms with E-state index in [1.165, 1.54) is 7.11 Å². The molecule has 1 amide bonds. The Kier molecular flexibility index (Phi) is 8.94. The Morgan fingerprint density at radius 2 is 1.79 bits per heavy atom. The minimum Gasteiger partial charge on any atom is -0.497 e. The number of nitrogens with zero attached hydrogens (tertiary/aromatic N) is 3. The maximum absolute atomic E-state index is 12.9. The number of halogens is 3. The number of piperazine rings is 1. The van der Waals surface area contributed by atoms with Crippen LogP contribution in [0.1, 0.15) is 10.4 Å². The predicted octanol–water partition coefficient (Wildman–Crippen LogP) is 3.14. The monoisotopic (exact) mass is 448 g/mol. The van der Waals surface area contributed by atoms with E-state index >= 15 is 0 Å². The second-order valence-corrected chi connectivity index (χ2v) is 6.31. The van der Waals surface area contributed by atoms with Gasteiger partial charge in [0.25, 0.3) is 5.91 Å². The van der Waals surface area contributed by atoms with Gasteiger partial charge in [-0.3, -0.25) is 4.79 Å². The number of benzene rings is 1. The summed E-state index contributed by atoms with van der Waals surface area (Å²) in [5, 5.41) is 0.341. The van der Waals surface area contributed by atoms with Gasteiger partial charge in [-0.15, -0.1) is 24.8 Å². The van der Waals surface area contributed by atoms with Crippen LogP contribution in [-0.2, 0) is 0 Å². The van der Waals surface area contributed by atoms with Gasteiger partial charge in [0, 0.05) is 44.5 Å². The van der Waals surface area contributed by atoms with Crippen LogP contribution in [0.4, 0.5) is 11.5 Å². The molecule has 0 bridgehead atoms. The fourth-order valence-corrected chi connectivity index (χ4v) is 3.08. The molecule has 0 radical (unpaired) electrons. The quantitative estimate of drug-likeness (QED) is 0.722. The number of nitrogen functional groups attached to an aromatic ring is 1. The first kappa shape index (κ1) is 23.9. The van der Waals surface area contributed by atoms with E-state index in [1.807, 2.05) is 6.07 Å². The Morgan fingerprint density at radius 1 is 1.11 bits per heavy atom. The van der Waals surface area contributed by atoms with Crippen LogP contribution in [0.15, 0.2) is 30.5 Å². The van der Waals surface area contributed by atoms with E-state index < -0.39 is 0 Å². The molecular weight excluding hydrogens is 427 g/mol. The largest absolute Gasteiger partial charge is 0.497 e. The van der Waals surface area contributed by atoms with E-state index in [9.17, 15) is 4.79 Å². The van der Waals surface area contributed by atoms with E-state index in [-0.39, 0.29) is 30.7 Å². The summed E-state index contributed by atoms with van der Waals surface area (Å²) >= 11 is 6.08. The average Bonchev–Trinajstić information content (AvgIpc) is 2.69. The highest BCUT2D eigenvalue weighted by atomic mass is 35.5. The van der Waals surface area contributed by atoms with Crippen LogP contribution in [0, 0.1) is 0 Å². The first-order valence-electron chi connectivity index (χ1n) is 8.20. The third-order valence-corrected chi connectivity index (χ3v) is 4.72. The number of methoxy groups -OCH3 is 2. The zero-order chi connectivity index (χ0) is 18.7. The van der Waals surface area contributed by atoms with Crippen molar-refractivity contribution in [2.24, 2.45) is 0 Å². The molecule has 1 aliphatic heterocycles. The molecule has 28 heavy (non-hydrogen) atoms. The highest BCUT2D eigenvalue weighted by molar-refractivity contribution is 6.33. The van der Waals surface area contributed by atoms with Crippen LogP contribution >= 0.6 is 36.4 Å². The number of nitrogens with two attached hydrogens (primary N) is 1. The summed E-state index contributed by atoms with van der Waals surface area (Å²) in [5.74, 6) is 1.90. The second kappa shape index (κ2) is 10.5. The van der Waals surface area contributed by atoms with E-state index in [0.717, 1.165) is 11.6 Å². The molecule has 2 aromatic rings. The SMILES string of the molecule is COc1ccnc(N2CCN(C(=O)c3cc(Cl)c(N)cc3OC)CC2)c1.Cl.Cl. The molecular formula is C18H23Cl3N4O3. The first-order valence-corrected chi connectivity index (χ1v) is 8.58. The van der Waals surface area contributed by atoms with Crippen LogP contribution in [0.3, 0.4) is 0 Å². The first-order chi connectivity index (χ1) is 12.5. The zero-order valence-corrected chi connectivity index (χ0v) is 17.9. The third-order valence-electron chi connectivity index (χ3n) is 4.39. The van der Waals surface area contributed by atoms with Crippen molar-refractivity contribution < 1.29 is 14.3 Å². The Hall–Kier alpha value is -2.09. The van der Waals surface area contributed by atoms with Crippen LogP contribution in [0.2, 0.25) is 5.02 Å². The molecule has 3 rings (SSSR count). The standard InChI is InChI=1S/C18H21ClN4O3.2ClH/c1-25-12-3-4-21-17(9-12)22-5-7-23(8-6-22)18(24)13-10-14(19)15(20)11-16(13)26-2;;/h3-4,9-11H,5-8,20H2,1-2H3;2*1H. The van der Waals surface area contributed by atoms with Gasteiger partial charge in [-0.25, -0.2) is 4.98 Å². The van der Waals surface area contributed by atoms with E-state index in [1.54, 1.807) is 36.4 Å². The van der Waals surface area contributed by atoms with E-state index in [0.29, 0.717) is 48.2 Å². The Bertz CT molecular complexity index is 815. The molecule has 1 aromatic carbocycles. The second-order valence-electron chi connectivity index (χ2n) is 5.91. The molecule has 2 N–H and O–H groups in total. The average molecular weight is 450 g/mol. The minimum atomic E-state index is -0.123. The number of pyridine rings is 1. The van der Waals surface area contributed by atoms with Crippen molar-refractivity contribution in [2.75, 3.05) is 51.0 Å². The van der Waals surface area contributed by atoms with Gasteiger partial charge in [0.15, 0.2) is 0 Å². The van der Waals surface area contributed by atoms with E-state index in [2.05, 4.69) is 9.88 Å². The minimum absolute atomic E-state index is 0. The number of ether oxygens (including phenoxy) is 2. The van der Waals surface area contributed by atoms with Gasteiger partial charge in [0.2, 0.25) is 0 Å². The van der Waals surface area contributed by atoms with Crippen molar-refractivity contribution in [3.63, 3.8) is 0 Å². The normalized spacial score (nSPS) is 13.2. The summed E-state index contributed by atoms with van der Waals surface area (Å²) < 4.78 is 10.5. The molecule has 1 fully saturated rings. The van der Waals surface area contributed by atoms with Crippen molar-refractivity contribution in [2.45, 2.75) is 0 Å². The van der Waals surface area contributed by atoms with Gasteiger partial charge in [-0.1, -0.05) is 11.6 Å². The lowest BCUT2D eigenvalue weighted by Crippen LogP contribution is -2.49. The molecule has 7 nitrogen and oxygen atoms in total. The molecule has 1 aliphatic rings. The molecule has 1 saturated heterocycles. The summed E-state index contributed by atoms with van der Waals surface area (Å²) in [6.07, 6.45) is 1.72. The number of rotatable bonds is 4. The summed E-state index contributed by atoms with van der Waals surface area (Å²) in [6, 6.07) is 6.83. The number of carbonyl (C=O) groups is 1. The number of carbonyl (C=O) groups excluding carboxylic acids is 1. The summed E-state index contributed by atoms with van der Waals surface area (Å²) in [4.78, 5) is 21.2. The van der Waals surface area contributed by atoms with Crippen LogP contribution in [0.25, 0.3) is 0 Å². The molecule has 1 aromatic heterocycles. The summed E-state index contributed by atoms with van der Waals surface area (Å²) in [6.45, 7) is 2.50. The maximum atomic E-state index is 12.9. The molecule has 0 saturated carbocycles. The van der Waals surface area contributed by atoms with Crippen molar-refractivity contribution >= 4 is 53.8 Å². The number of hydrogen-bond donors (Lipinski definition) is 1. The Balaban J connectivity index is 0.00000196. The smallest absolute Gasteiger partial charge is 0.257 e. The van der Waals surface area contributed by atoms with E-state index in [4.69, 9.17) is 26.8 Å². The lowest BCUT2D eigenvalue weighted by Gasteiger charge is -2.35. The van der Waals surface area contributed by atoms with Gasteiger partial charge >= 0.3 is 0 Å². The van der Waals surface area contributed by atoms with Gasteiger partial charge in [-0.2, -0.15) is 0 Å². The predicted molar refractivity (Wildman–Crippen MR) is 116 cm³/mol. The summed E-state index contributed by atoms with van der Waals surface area (Å²) in [7, 11) is 3.13. The Morgan fingerprint density at radius 3 is 2.39 bits per heavy atom. The molecule has 0 atom stereocenters. The van der Waals surface area contributed by atoms with Crippen molar-refractivity contribution in [1.29, 1.82) is 0 Å². The Labute approximate surface area is 181 Å². The number of amides is 1. The fourth-order valence-electron chi connectivity index (χ4n) is 2.91. The van der Waals surface area contributed by atoms with Crippen LogP contribution in [-0.4, -0.2) is 56.2 Å². The van der Waals surface area contributed by atoms with Gasteiger partial charge < -0.3 is 25.0 Å². The number of anilines is 2. The molecule has 0 spiro atoms. The number of aromatic nitrogens is 1. The van der Waals surface area contributed by atoms with Gasteiger partial charge in [0.1, 0.15) is 17.3 Å². The number of hydrogen-bond acceptors (Lipinski definition) is 6. The van der Waals surface area contributed by atoms with Crippen molar-refractivity contribution in [3.05, 3.63) is 41.0 Å². The molecule has 0 aliphatic carbocycles.